The van der Waals surface area contributed by atoms with Crippen LogP contribution in [0.2, 0.25) is 0 Å². The molecule has 0 aliphatic rings. The first-order valence-corrected chi connectivity index (χ1v) is 8.33. The SMILES string of the molecule is COc1cc(NC(=O)COC(=O)CCNc2ncccn2)cc(OC)c1OC. The van der Waals surface area contributed by atoms with E-state index in [0.717, 1.165) is 0 Å². The molecule has 1 heterocycles. The maximum absolute atomic E-state index is 12.0. The average molecular weight is 390 g/mol. The first kappa shape index (κ1) is 20.7. The van der Waals surface area contributed by atoms with Crippen molar-refractivity contribution in [1.29, 1.82) is 0 Å². The Bertz CT molecular complexity index is 775. The van der Waals surface area contributed by atoms with E-state index in [1.807, 2.05) is 0 Å². The molecule has 0 saturated carbocycles. The Labute approximate surface area is 162 Å². The molecule has 0 bridgehead atoms. The zero-order valence-corrected chi connectivity index (χ0v) is 15.9. The van der Waals surface area contributed by atoms with Gasteiger partial charge in [0, 0.05) is 36.8 Å². The Balaban J connectivity index is 1.81. The molecule has 1 aromatic carbocycles. The summed E-state index contributed by atoms with van der Waals surface area (Å²) in [6.45, 7) is -0.130. The molecule has 0 aliphatic heterocycles. The van der Waals surface area contributed by atoms with Crippen LogP contribution in [0.15, 0.2) is 30.6 Å². The molecule has 0 atom stereocenters. The monoisotopic (exact) mass is 390 g/mol. The van der Waals surface area contributed by atoms with Gasteiger partial charge in [-0.3, -0.25) is 9.59 Å². The van der Waals surface area contributed by atoms with E-state index in [2.05, 4.69) is 20.6 Å². The van der Waals surface area contributed by atoms with Gasteiger partial charge in [0.1, 0.15) is 0 Å². The van der Waals surface area contributed by atoms with Crippen molar-refractivity contribution in [2.75, 3.05) is 45.1 Å². The fourth-order valence-electron chi connectivity index (χ4n) is 2.24. The lowest BCUT2D eigenvalue weighted by Crippen LogP contribution is -2.22. The van der Waals surface area contributed by atoms with Crippen LogP contribution in [0.1, 0.15) is 6.42 Å². The van der Waals surface area contributed by atoms with Crippen LogP contribution >= 0.6 is 0 Å². The van der Waals surface area contributed by atoms with Crippen molar-refractivity contribution in [3.8, 4) is 17.2 Å². The van der Waals surface area contributed by atoms with Crippen LogP contribution in [-0.4, -0.2) is 56.3 Å². The molecule has 10 heteroatoms. The molecule has 0 fully saturated rings. The Morgan fingerprint density at radius 3 is 2.21 bits per heavy atom. The van der Waals surface area contributed by atoms with E-state index in [-0.39, 0.29) is 13.0 Å². The molecule has 1 amide bonds. The van der Waals surface area contributed by atoms with Crippen LogP contribution in [0.25, 0.3) is 0 Å². The first-order valence-electron chi connectivity index (χ1n) is 8.33. The summed E-state index contributed by atoms with van der Waals surface area (Å²) in [5.41, 5.74) is 0.415. The number of carbonyl (C=O) groups excluding carboxylic acids is 2. The molecule has 0 unspecified atom stereocenters. The quantitative estimate of drug-likeness (QED) is 0.581. The second-order valence-electron chi connectivity index (χ2n) is 5.37. The Kier molecular flexibility index (Phi) is 7.82. The number of nitrogens with zero attached hydrogens (tertiary/aromatic N) is 2. The zero-order valence-electron chi connectivity index (χ0n) is 15.9. The number of hydrogen-bond donors (Lipinski definition) is 2. The highest BCUT2D eigenvalue weighted by atomic mass is 16.5. The van der Waals surface area contributed by atoms with Gasteiger partial charge in [0.2, 0.25) is 11.7 Å². The highest BCUT2D eigenvalue weighted by molar-refractivity contribution is 5.93. The molecule has 2 aromatic rings. The minimum Gasteiger partial charge on any atom is -0.493 e. The molecule has 0 radical (unpaired) electrons. The van der Waals surface area contributed by atoms with Crippen LogP contribution in [0, 0.1) is 0 Å². The number of carbonyl (C=O) groups is 2. The molecule has 28 heavy (non-hydrogen) atoms. The summed E-state index contributed by atoms with van der Waals surface area (Å²) in [5.74, 6) is 0.580. The second kappa shape index (κ2) is 10.6. The summed E-state index contributed by atoms with van der Waals surface area (Å²) in [5, 5.41) is 5.49. The Hall–Kier alpha value is -3.56. The number of ether oxygens (including phenoxy) is 4. The van der Waals surface area contributed by atoms with Crippen molar-refractivity contribution in [1.82, 2.24) is 9.97 Å². The fourth-order valence-corrected chi connectivity index (χ4v) is 2.24. The molecular weight excluding hydrogens is 368 g/mol. The summed E-state index contributed by atoms with van der Waals surface area (Å²) in [7, 11) is 4.43. The number of anilines is 2. The van der Waals surface area contributed by atoms with E-state index in [4.69, 9.17) is 18.9 Å². The topological polar surface area (TPSA) is 121 Å². The van der Waals surface area contributed by atoms with E-state index in [1.165, 1.54) is 21.3 Å². The van der Waals surface area contributed by atoms with Crippen LogP contribution in [0.5, 0.6) is 17.2 Å². The van der Waals surface area contributed by atoms with Gasteiger partial charge < -0.3 is 29.6 Å². The van der Waals surface area contributed by atoms with Crippen molar-refractivity contribution >= 4 is 23.5 Å². The van der Waals surface area contributed by atoms with Gasteiger partial charge in [-0.1, -0.05) is 0 Å². The summed E-state index contributed by atoms with van der Waals surface area (Å²) < 4.78 is 20.6. The number of rotatable bonds is 10. The smallest absolute Gasteiger partial charge is 0.308 e. The molecular formula is C18H22N4O6. The number of methoxy groups -OCH3 is 3. The molecule has 2 rings (SSSR count). The molecule has 0 saturated heterocycles. The summed E-state index contributed by atoms with van der Waals surface area (Å²) in [4.78, 5) is 31.7. The van der Waals surface area contributed by atoms with E-state index in [9.17, 15) is 9.59 Å². The molecule has 0 spiro atoms. The number of amides is 1. The van der Waals surface area contributed by atoms with E-state index < -0.39 is 18.5 Å². The molecule has 150 valence electrons. The van der Waals surface area contributed by atoms with E-state index in [1.54, 1.807) is 30.6 Å². The van der Waals surface area contributed by atoms with Crippen LogP contribution in [0.4, 0.5) is 11.6 Å². The summed E-state index contributed by atoms with van der Waals surface area (Å²) in [6, 6.07) is 4.84. The maximum Gasteiger partial charge on any atom is 0.308 e. The molecule has 2 N–H and O–H groups in total. The predicted molar refractivity (Wildman–Crippen MR) is 101 cm³/mol. The van der Waals surface area contributed by atoms with E-state index >= 15 is 0 Å². The Morgan fingerprint density at radius 2 is 1.64 bits per heavy atom. The minimum atomic E-state index is -0.525. The number of aromatic nitrogens is 2. The maximum atomic E-state index is 12.0. The summed E-state index contributed by atoms with van der Waals surface area (Å²) >= 11 is 0. The lowest BCUT2D eigenvalue weighted by atomic mass is 10.2. The highest BCUT2D eigenvalue weighted by Crippen LogP contribution is 2.39. The van der Waals surface area contributed by atoms with Gasteiger partial charge in [0.25, 0.3) is 5.91 Å². The number of benzene rings is 1. The standard InChI is InChI=1S/C18H22N4O6/c1-25-13-9-12(10-14(26-2)17(13)27-3)22-15(23)11-28-16(24)5-8-21-18-19-6-4-7-20-18/h4,6-7,9-10H,5,8,11H2,1-3H3,(H,22,23)(H,19,20,21). The normalized spacial score (nSPS) is 9.96. The summed E-state index contributed by atoms with van der Waals surface area (Å²) in [6.07, 6.45) is 3.23. The van der Waals surface area contributed by atoms with Crippen LogP contribution in [0.3, 0.4) is 0 Å². The first-order chi connectivity index (χ1) is 13.6. The molecule has 1 aromatic heterocycles. The lowest BCUT2D eigenvalue weighted by Gasteiger charge is -2.14. The highest BCUT2D eigenvalue weighted by Gasteiger charge is 2.15. The third-order valence-corrected chi connectivity index (χ3v) is 3.49. The second-order valence-corrected chi connectivity index (χ2v) is 5.37. The third-order valence-electron chi connectivity index (χ3n) is 3.49. The van der Waals surface area contributed by atoms with Crippen molar-refractivity contribution in [3.63, 3.8) is 0 Å². The average Bonchev–Trinajstić information content (AvgIpc) is 2.72. The molecule has 0 aliphatic carbocycles. The van der Waals surface area contributed by atoms with Crippen molar-refractivity contribution in [2.45, 2.75) is 6.42 Å². The zero-order chi connectivity index (χ0) is 20.4. The third kappa shape index (κ3) is 6.01. The minimum absolute atomic E-state index is 0.0652. The van der Waals surface area contributed by atoms with Crippen molar-refractivity contribution < 1.29 is 28.5 Å². The number of hydrogen-bond acceptors (Lipinski definition) is 9. The van der Waals surface area contributed by atoms with Crippen molar-refractivity contribution in [3.05, 3.63) is 30.6 Å². The molecule has 10 nitrogen and oxygen atoms in total. The van der Waals surface area contributed by atoms with Crippen LogP contribution in [-0.2, 0) is 14.3 Å². The van der Waals surface area contributed by atoms with Gasteiger partial charge in [-0.2, -0.15) is 0 Å². The van der Waals surface area contributed by atoms with Gasteiger partial charge in [0.05, 0.1) is 27.8 Å². The van der Waals surface area contributed by atoms with Gasteiger partial charge in [-0.15, -0.1) is 0 Å². The predicted octanol–water partition coefficient (Wildman–Crippen LogP) is 1.49. The van der Waals surface area contributed by atoms with Gasteiger partial charge in [-0.25, -0.2) is 9.97 Å². The van der Waals surface area contributed by atoms with Gasteiger partial charge in [0.15, 0.2) is 18.1 Å². The Morgan fingerprint density at radius 1 is 1.00 bits per heavy atom. The van der Waals surface area contributed by atoms with Gasteiger partial charge in [-0.05, 0) is 6.07 Å². The van der Waals surface area contributed by atoms with Crippen LogP contribution < -0.4 is 24.8 Å². The number of esters is 1. The fraction of sp³-hybridized carbons (Fsp3) is 0.333. The van der Waals surface area contributed by atoms with E-state index in [0.29, 0.717) is 28.9 Å². The van der Waals surface area contributed by atoms with Gasteiger partial charge >= 0.3 is 5.97 Å². The number of nitrogens with one attached hydrogen (secondary N) is 2. The van der Waals surface area contributed by atoms with Crippen molar-refractivity contribution in [2.24, 2.45) is 0 Å². The lowest BCUT2D eigenvalue weighted by molar-refractivity contribution is -0.147. The largest absolute Gasteiger partial charge is 0.493 e.